The first-order chi connectivity index (χ1) is 13.2. The summed E-state index contributed by atoms with van der Waals surface area (Å²) in [6, 6.07) is 17.5. The fraction of sp³-hybridized carbons (Fsp3) is 0.150. The lowest BCUT2D eigenvalue weighted by Gasteiger charge is -2.08. The van der Waals surface area contributed by atoms with Gasteiger partial charge in [-0.2, -0.15) is 10.5 Å². The third-order valence-corrected chi connectivity index (χ3v) is 3.48. The standard InChI is InChI=1S/C20H18N4O3/c1-26-17-6-8-18(9-7-17)27-11-10-23-14-16(13-22)20(25)24-19-5-3-2-4-15(19)12-21/h2-9,14,23H,10-11H2,1H3,(H,24,25)/b16-14-. The van der Waals surface area contributed by atoms with E-state index in [2.05, 4.69) is 10.6 Å². The van der Waals surface area contributed by atoms with Crippen molar-refractivity contribution < 1.29 is 14.3 Å². The van der Waals surface area contributed by atoms with E-state index >= 15 is 0 Å². The van der Waals surface area contributed by atoms with Gasteiger partial charge in [-0.25, -0.2) is 0 Å². The Balaban J connectivity index is 1.83. The molecule has 0 spiro atoms. The van der Waals surface area contributed by atoms with Gasteiger partial charge >= 0.3 is 0 Å². The molecule has 0 atom stereocenters. The van der Waals surface area contributed by atoms with E-state index in [1.54, 1.807) is 55.6 Å². The number of carbonyl (C=O) groups is 1. The molecule has 136 valence electrons. The maximum atomic E-state index is 12.2. The number of anilines is 1. The van der Waals surface area contributed by atoms with Crippen molar-refractivity contribution in [3.05, 3.63) is 65.9 Å². The third kappa shape index (κ3) is 5.80. The number of para-hydroxylation sites is 1. The van der Waals surface area contributed by atoms with Gasteiger partial charge in [-0.3, -0.25) is 4.79 Å². The zero-order valence-corrected chi connectivity index (χ0v) is 14.7. The Labute approximate surface area is 157 Å². The van der Waals surface area contributed by atoms with E-state index in [0.29, 0.717) is 30.2 Å². The van der Waals surface area contributed by atoms with E-state index in [0.717, 1.165) is 5.75 Å². The number of carbonyl (C=O) groups excluding carboxylic acids is 1. The Bertz CT molecular complexity index is 893. The van der Waals surface area contributed by atoms with Crippen LogP contribution in [0.5, 0.6) is 11.5 Å². The molecule has 0 heterocycles. The molecule has 0 radical (unpaired) electrons. The number of ether oxygens (including phenoxy) is 2. The number of amides is 1. The van der Waals surface area contributed by atoms with Crippen molar-refractivity contribution in [1.29, 1.82) is 10.5 Å². The molecule has 0 saturated heterocycles. The normalized spacial score (nSPS) is 10.3. The quantitative estimate of drug-likeness (QED) is 0.425. The highest BCUT2D eigenvalue weighted by Crippen LogP contribution is 2.17. The fourth-order valence-electron chi connectivity index (χ4n) is 2.10. The molecule has 0 aliphatic heterocycles. The molecule has 7 nitrogen and oxygen atoms in total. The minimum atomic E-state index is -0.594. The maximum Gasteiger partial charge on any atom is 0.267 e. The Kier molecular flexibility index (Phi) is 7.25. The predicted octanol–water partition coefficient (Wildman–Crippen LogP) is 2.58. The molecule has 7 heteroatoms. The molecule has 0 fully saturated rings. The van der Waals surface area contributed by atoms with Gasteiger partial charge in [-0.1, -0.05) is 12.1 Å². The minimum absolute atomic E-state index is 0.104. The Hall–Kier alpha value is -3.97. The van der Waals surface area contributed by atoms with Crippen LogP contribution in [0, 0.1) is 22.7 Å². The van der Waals surface area contributed by atoms with Gasteiger partial charge in [0.05, 0.1) is 18.4 Å². The smallest absolute Gasteiger partial charge is 0.267 e. The summed E-state index contributed by atoms with van der Waals surface area (Å²) in [4.78, 5) is 12.2. The zero-order chi connectivity index (χ0) is 19.5. The van der Waals surface area contributed by atoms with Crippen molar-refractivity contribution in [3.8, 4) is 23.6 Å². The first kappa shape index (κ1) is 19.4. The Morgan fingerprint density at radius 2 is 1.81 bits per heavy atom. The Morgan fingerprint density at radius 1 is 1.11 bits per heavy atom. The molecule has 0 saturated carbocycles. The molecule has 0 bridgehead atoms. The van der Waals surface area contributed by atoms with Crippen molar-refractivity contribution in [2.75, 3.05) is 25.6 Å². The number of hydrogen-bond donors (Lipinski definition) is 2. The fourth-order valence-corrected chi connectivity index (χ4v) is 2.10. The molecule has 0 aromatic heterocycles. The largest absolute Gasteiger partial charge is 0.497 e. The van der Waals surface area contributed by atoms with Gasteiger partial charge in [0.2, 0.25) is 0 Å². The van der Waals surface area contributed by atoms with E-state index in [-0.39, 0.29) is 5.57 Å². The SMILES string of the molecule is COc1ccc(OCCN/C=C(/C#N)C(=O)Nc2ccccc2C#N)cc1. The van der Waals surface area contributed by atoms with Crippen LogP contribution in [-0.2, 0) is 4.79 Å². The van der Waals surface area contributed by atoms with Crippen molar-refractivity contribution in [1.82, 2.24) is 5.32 Å². The lowest BCUT2D eigenvalue weighted by Crippen LogP contribution is -2.20. The number of nitriles is 2. The van der Waals surface area contributed by atoms with Gasteiger partial charge in [0.25, 0.3) is 5.91 Å². The number of methoxy groups -OCH3 is 1. The van der Waals surface area contributed by atoms with Gasteiger partial charge in [-0.05, 0) is 36.4 Å². The van der Waals surface area contributed by atoms with Gasteiger partial charge in [0, 0.05) is 12.7 Å². The summed E-state index contributed by atoms with van der Waals surface area (Å²) in [5.74, 6) is 0.836. The van der Waals surface area contributed by atoms with Crippen LogP contribution in [0.4, 0.5) is 5.69 Å². The van der Waals surface area contributed by atoms with Crippen molar-refractivity contribution in [2.45, 2.75) is 0 Å². The Morgan fingerprint density at radius 3 is 2.48 bits per heavy atom. The topological polar surface area (TPSA) is 107 Å². The van der Waals surface area contributed by atoms with Crippen LogP contribution >= 0.6 is 0 Å². The molecule has 0 aliphatic carbocycles. The van der Waals surface area contributed by atoms with Crippen LogP contribution in [0.1, 0.15) is 5.56 Å². The molecule has 2 rings (SSSR count). The zero-order valence-electron chi connectivity index (χ0n) is 14.7. The minimum Gasteiger partial charge on any atom is -0.497 e. The molecular weight excluding hydrogens is 344 g/mol. The van der Waals surface area contributed by atoms with Crippen LogP contribution < -0.4 is 20.1 Å². The van der Waals surface area contributed by atoms with Gasteiger partial charge in [0.1, 0.15) is 35.8 Å². The van der Waals surface area contributed by atoms with Gasteiger partial charge in [0.15, 0.2) is 0 Å². The maximum absolute atomic E-state index is 12.2. The predicted molar refractivity (Wildman–Crippen MR) is 100.0 cm³/mol. The van der Waals surface area contributed by atoms with E-state index in [1.807, 2.05) is 12.1 Å². The monoisotopic (exact) mass is 362 g/mol. The van der Waals surface area contributed by atoms with Crippen LogP contribution in [0.15, 0.2) is 60.3 Å². The summed E-state index contributed by atoms with van der Waals surface area (Å²) in [5, 5.41) is 23.6. The number of nitrogens with one attached hydrogen (secondary N) is 2. The highest BCUT2D eigenvalue weighted by molar-refractivity contribution is 6.07. The summed E-state index contributed by atoms with van der Waals surface area (Å²) >= 11 is 0. The van der Waals surface area contributed by atoms with Gasteiger partial charge in [-0.15, -0.1) is 0 Å². The molecule has 1 amide bonds. The summed E-state index contributed by atoms with van der Waals surface area (Å²) in [6.07, 6.45) is 1.32. The second-order valence-electron chi connectivity index (χ2n) is 5.26. The van der Waals surface area contributed by atoms with Crippen LogP contribution in [0.25, 0.3) is 0 Å². The average molecular weight is 362 g/mol. The highest BCUT2D eigenvalue weighted by atomic mass is 16.5. The number of nitrogens with zero attached hydrogens (tertiary/aromatic N) is 2. The molecular formula is C20H18N4O3. The van der Waals surface area contributed by atoms with Gasteiger partial charge < -0.3 is 20.1 Å². The molecule has 2 N–H and O–H groups in total. The second-order valence-corrected chi connectivity index (χ2v) is 5.26. The van der Waals surface area contributed by atoms with Crippen molar-refractivity contribution in [2.24, 2.45) is 0 Å². The average Bonchev–Trinajstić information content (AvgIpc) is 2.71. The summed E-state index contributed by atoms with van der Waals surface area (Å²) in [7, 11) is 1.59. The highest BCUT2D eigenvalue weighted by Gasteiger charge is 2.11. The molecule has 27 heavy (non-hydrogen) atoms. The molecule has 0 unspecified atom stereocenters. The number of benzene rings is 2. The van der Waals surface area contributed by atoms with E-state index in [1.165, 1.54) is 6.20 Å². The molecule has 2 aromatic carbocycles. The first-order valence-electron chi connectivity index (χ1n) is 8.09. The lowest BCUT2D eigenvalue weighted by atomic mass is 10.2. The van der Waals surface area contributed by atoms with Crippen LogP contribution in [-0.4, -0.2) is 26.2 Å². The van der Waals surface area contributed by atoms with Crippen molar-refractivity contribution >= 4 is 11.6 Å². The summed E-state index contributed by atoms with van der Waals surface area (Å²) in [5.41, 5.74) is 0.574. The van der Waals surface area contributed by atoms with E-state index in [4.69, 9.17) is 20.0 Å². The third-order valence-electron chi connectivity index (χ3n) is 3.48. The number of hydrogen-bond acceptors (Lipinski definition) is 6. The first-order valence-corrected chi connectivity index (χ1v) is 8.09. The summed E-state index contributed by atoms with van der Waals surface area (Å²) in [6.45, 7) is 0.750. The lowest BCUT2D eigenvalue weighted by molar-refractivity contribution is -0.112. The molecule has 2 aromatic rings. The van der Waals surface area contributed by atoms with Crippen LogP contribution in [0.2, 0.25) is 0 Å². The van der Waals surface area contributed by atoms with Crippen LogP contribution in [0.3, 0.4) is 0 Å². The van der Waals surface area contributed by atoms with Crippen molar-refractivity contribution in [3.63, 3.8) is 0 Å². The molecule has 0 aliphatic rings. The second kappa shape index (κ2) is 10.1. The van der Waals surface area contributed by atoms with E-state index < -0.39 is 5.91 Å². The van der Waals surface area contributed by atoms with E-state index in [9.17, 15) is 4.79 Å². The summed E-state index contributed by atoms with van der Waals surface area (Å²) < 4.78 is 10.6. The number of rotatable bonds is 8.